The van der Waals surface area contributed by atoms with Crippen LogP contribution in [-0.2, 0) is 6.54 Å². The van der Waals surface area contributed by atoms with Crippen LogP contribution in [0.5, 0.6) is 0 Å². The van der Waals surface area contributed by atoms with Crippen LogP contribution in [-0.4, -0.2) is 61.6 Å². The lowest BCUT2D eigenvalue weighted by Gasteiger charge is -2.35. The lowest BCUT2D eigenvalue weighted by atomic mass is 10.2. The van der Waals surface area contributed by atoms with Crippen LogP contribution in [0.15, 0.2) is 30.0 Å². The molecule has 4 rings (SSSR count). The Morgan fingerprint density at radius 1 is 1.33 bits per heavy atom. The van der Waals surface area contributed by atoms with Gasteiger partial charge >= 0.3 is 6.03 Å². The number of amides is 2. The van der Waals surface area contributed by atoms with Gasteiger partial charge in [0.05, 0.1) is 23.6 Å². The van der Waals surface area contributed by atoms with Gasteiger partial charge in [-0.05, 0) is 25.5 Å². The van der Waals surface area contributed by atoms with Crippen molar-refractivity contribution in [3.8, 4) is 0 Å². The normalized spacial score (nSPS) is 16.6. The Morgan fingerprint density at radius 3 is 2.89 bits per heavy atom. The highest BCUT2D eigenvalue weighted by molar-refractivity contribution is 7.14. The van der Waals surface area contributed by atoms with Gasteiger partial charge in [-0.2, -0.15) is 5.10 Å². The maximum absolute atomic E-state index is 12.6. The average Bonchev–Trinajstić information content (AvgIpc) is 3.26. The molecule has 0 saturated carbocycles. The van der Waals surface area contributed by atoms with Gasteiger partial charge in [-0.15, -0.1) is 0 Å². The summed E-state index contributed by atoms with van der Waals surface area (Å²) >= 11 is 1.48. The molecule has 0 spiro atoms. The SMILES string of the molecule is Cc1cccnc1CN1CCN(C(=O)NC(C)c2cn3ncsc3n2)CC1. The zero-order chi connectivity index (χ0) is 18.8. The Morgan fingerprint density at radius 2 is 2.15 bits per heavy atom. The summed E-state index contributed by atoms with van der Waals surface area (Å²) in [7, 11) is 0. The third kappa shape index (κ3) is 3.93. The quantitative estimate of drug-likeness (QED) is 0.744. The van der Waals surface area contributed by atoms with Crippen molar-refractivity contribution in [2.24, 2.45) is 0 Å². The van der Waals surface area contributed by atoms with Gasteiger partial charge < -0.3 is 10.2 Å². The number of hydrogen-bond acceptors (Lipinski definition) is 6. The fourth-order valence-corrected chi connectivity index (χ4v) is 3.83. The molecule has 142 valence electrons. The largest absolute Gasteiger partial charge is 0.330 e. The van der Waals surface area contributed by atoms with Crippen LogP contribution < -0.4 is 5.32 Å². The Hall–Kier alpha value is -2.52. The van der Waals surface area contributed by atoms with Crippen molar-refractivity contribution in [1.29, 1.82) is 0 Å². The Kier molecular flexibility index (Phi) is 5.04. The summed E-state index contributed by atoms with van der Waals surface area (Å²) in [6.07, 6.45) is 3.70. The number of pyridine rings is 1. The van der Waals surface area contributed by atoms with Gasteiger partial charge in [0, 0.05) is 38.9 Å². The van der Waals surface area contributed by atoms with Crippen molar-refractivity contribution >= 4 is 22.3 Å². The molecule has 27 heavy (non-hydrogen) atoms. The molecule has 0 bridgehead atoms. The van der Waals surface area contributed by atoms with E-state index in [1.54, 1.807) is 10.0 Å². The predicted octanol–water partition coefficient (Wildman–Crippen LogP) is 2.08. The summed E-state index contributed by atoms with van der Waals surface area (Å²) in [6, 6.07) is 3.85. The number of aryl methyl sites for hydroxylation is 1. The second-order valence-corrected chi connectivity index (χ2v) is 7.64. The molecule has 1 aliphatic heterocycles. The Balaban J connectivity index is 1.29. The van der Waals surface area contributed by atoms with E-state index in [9.17, 15) is 4.79 Å². The van der Waals surface area contributed by atoms with Crippen molar-refractivity contribution < 1.29 is 4.79 Å². The van der Waals surface area contributed by atoms with E-state index >= 15 is 0 Å². The molecule has 1 saturated heterocycles. The zero-order valence-corrected chi connectivity index (χ0v) is 16.3. The number of nitrogens with zero attached hydrogens (tertiary/aromatic N) is 6. The number of hydrogen-bond donors (Lipinski definition) is 1. The third-order valence-corrected chi connectivity index (χ3v) is 5.63. The van der Waals surface area contributed by atoms with Crippen molar-refractivity contribution in [3.05, 3.63) is 47.0 Å². The monoisotopic (exact) mass is 385 g/mol. The van der Waals surface area contributed by atoms with E-state index in [1.165, 1.54) is 16.9 Å². The van der Waals surface area contributed by atoms with E-state index in [4.69, 9.17) is 0 Å². The zero-order valence-electron chi connectivity index (χ0n) is 15.5. The second-order valence-electron chi connectivity index (χ2n) is 6.83. The lowest BCUT2D eigenvalue weighted by molar-refractivity contribution is 0.132. The first-order valence-corrected chi connectivity index (χ1v) is 9.95. The van der Waals surface area contributed by atoms with E-state index in [0.29, 0.717) is 13.1 Å². The Bertz CT molecular complexity index is 900. The van der Waals surface area contributed by atoms with Crippen LogP contribution in [0.4, 0.5) is 4.79 Å². The molecule has 3 aromatic heterocycles. The molecular weight excluding hydrogens is 362 g/mol. The molecule has 2 amide bonds. The number of rotatable bonds is 4. The number of urea groups is 1. The molecule has 9 heteroatoms. The molecule has 4 heterocycles. The summed E-state index contributed by atoms with van der Waals surface area (Å²) in [5, 5.41) is 7.23. The average molecular weight is 385 g/mol. The number of imidazole rings is 1. The molecule has 1 unspecified atom stereocenters. The minimum Gasteiger partial charge on any atom is -0.330 e. The maximum Gasteiger partial charge on any atom is 0.318 e. The summed E-state index contributed by atoms with van der Waals surface area (Å²) in [5.41, 5.74) is 4.90. The first-order chi connectivity index (χ1) is 13.1. The minimum atomic E-state index is -0.152. The highest BCUT2D eigenvalue weighted by Gasteiger charge is 2.23. The van der Waals surface area contributed by atoms with Crippen molar-refractivity contribution in [2.45, 2.75) is 26.4 Å². The van der Waals surface area contributed by atoms with Crippen LogP contribution in [0.2, 0.25) is 0 Å². The first-order valence-electron chi connectivity index (χ1n) is 9.07. The van der Waals surface area contributed by atoms with Crippen molar-refractivity contribution in [2.75, 3.05) is 26.2 Å². The molecule has 0 aliphatic carbocycles. The number of nitrogens with one attached hydrogen (secondary N) is 1. The fraction of sp³-hybridized carbons (Fsp3) is 0.444. The standard InChI is InChI=1S/C18H23N7OS/c1-13-4-3-5-19-15(13)10-23-6-8-24(9-7-23)17(26)21-14(2)16-11-25-18(22-16)27-12-20-25/h3-5,11-12,14H,6-10H2,1-2H3,(H,21,26). The summed E-state index contributed by atoms with van der Waals surface area (Å²) in [4.78, 5) is 26.6. The van der Waals surface area contributed by atoms with Crippen LogP contribution >= 0.6 is 11.3 Å². The number of carbonyl (C=O) groups is 1. The van der Waals surface area contributed by atoms with Crippen molar-refractivity contribution in [1.82, 2.24) is 34.7 Å². The number of piperazine rings is 1. The third-order valence-electron chi connectivity index (χ3n) is 4.94. The van der Waals surface area contributed by atoms with Gasteiger partial charge in [-0.25, -0.2) is 14.3 Å². The molecule has 0 aromatic carbocycles. The summed E-state index contributed by atoms with van der Waals surface area (Å²) < 4.78 is 1.74. The van der Waals surface area contributed by atoms with Gasteiger partial charge in [-0.1, -0.05) is 17.4 Å². The topological polar surface area (TPSA) is 78.7 Å². The first kappa shape index (κ1) is 17.9. The van der Waals surface area contributed by atoms with E-state index in [1.807, 2.05) is 30.3 Å². The lowest BCUT2D eigenvalue weighted by Crippen LogP contribution is -2.51. The van der Waals surface area contributed by atoms with Crippen LogP contribution in [0.1, 0.15) is 29.9 Å². The van der Waals surface area contributed by atoms with Crippen LogP contribution in [0.25, 0.3) is 4.96 Å². The van der Waals surface area contributed by atoms with E-state index in [2.05, 4.69) is 38.3 Å². The number of aromatic nitrogens is 4. The molecule has 1 fully saturated rings. The minimum absolute atomic E-state index is 0.0412. The van der Waals surface area contributed by atoms with Gasteiger partial charge in [0.15, 0.2) is 0 Å². The molecule has 1 aliphatic rings. The molecule has 0 radical (unpaired) electrons. The maximum atomic E-state index is 12.6. The van der Waals surface area contributed by atoms with E-state index < -0.39 is 0 Å². The highest BCUT2D eigenvalue weighted by atomic mass is 32.1. The molecule has 3 aromatic rings. The predicted molar refractivity (Wildman–Crippen MR) is 104 cm³/mol. The number of fused-ring (bicyclic) bond motifs is 1. The molecule has 1 atom stereocenters. The smallest absolute Gasteiger partial charge is 0.318 e. The Labute approximate surface area is 161 Å². The van der Waals surface area contributed by atoms with E-state index in [-0.39, 0.29) is 12.1 Å². The van der Waals surface area contributed by atoms with Gasteiger partial charge in [0.1, 0.15) is 5.51 Å². The van der Waals surface area contributed by atoms with Crippen molar-refractivity contribution in [3.63, 3.8) is 0 Å². The molecule has 1 N–H and O–H groups in total. The number of carbonyl (C=O) groups excluding carboxylic acids is 1. The van der Waals surface area contributed by atoms with Gasteiger partial charge in [0.2, 0.25) is 4.96 Å². The molecule has 8 nitrogen and oxygen atoms in total. The highest BCUT2D eigenvalue weighted by Crippen LogP contribution is 2.16. The van der Waals surface area contributed by atoms with Gasteiger partial charge in [-0.3, -0.25) is 9.88 Å². The molecular formula is C18H23N7OS. The van der Waals surface area contributed by atoms with Gasteiger partial charge in [0.25, 0.3) is 0 Å². The second kappa shape index (κ2) is 7.61. The van der Waals surface area contributed by atoms with E-state index in [0.717, 1.165) is 36.0 Å². The fourth-order valence-electron chi connectivity index (χ4n) is 3.22. The summed E-state index contributed by atoms with van der Waals surface area (Å²) in [5.74, 6) is 0. The van der Waals surface area contributed by atoms with Crippen LogP contribution in [0.3, 0.4) is 0 Å². The van der Waals surface area contributed by atoms with Crippen LogP contribution in [0, 0.1) is 6.92 Å². The summed E-state index contributed by atoms with van der Waals surface area (Å²) in [6.45, 7) is 7.99.